The van der Waals surface area contributed by atoms with E-state index in [1.807, 2.05) is 54.6 Å². The Morgan fingerprint density at radius 3 is 2.22 bits per heavy atom. The van der Waals surface area contributed by atoms with Gasteiger partial charge in [0.05, 0.1) is 0 Å². The standard InChI is InChI=1S/C18H20O4S/c1-18(2,16(19)17(20)21)12-23-15-10-8-14(9-11-15)22-13-6-4-3-5-7-13/h3-11,16,19H,12H2,1-2H3,(H,20,21). The van der Waals surface area contributed by atoms with Crippen LogP contribution in [-0.4, -0.2) is 28.0 Å². The molecule has 0 aliphatic carbocycles. The fourth-order valence-electron chi connectivity index (χ4n) is 1.91. The second kappa shape index (κ2) is 7.53. The van der Waals surface area contributed by atoms with Crippen molar-refractivity contribution in [1.82, 2.24) is 0 Å². The molecule has 1 atom stereocenters. The minimum atomic E-state index is -1.38. The molecule has 0 saturated heterocycles. The average molecular weight is 332 g/mol. The van der Waals surface area contributed by atoms with Crippen molar-refractivity contribution in [3.05, 3.63) is 54.6 Å². The summed E-state index contributed by atoms with van der Waals surface area (Å²) >= 11 is 1.51. The van der Waals surface area contributed by atoms with Gasteiger partial charge >= 0.3 is 5.97 Å². The van der Waals surface area contributed by atoms with E-state index in [0.717, 1.165) is 16.4 Å². The number of aliphatic carboxylic acids is 1. The van der Waals surface area contributed by atoms with E-state index in [0.29, 0.717) is 5.75 Å². The van der Waals surface area contributed by atoms with Crippen molar-refractivity contribution < 1.29 is 19.7 Å². The minimum Gasteiger partial charge on any atom is -0.479 e. The second-order valence-corrected chi connectivity index (χ2v) is 6.95. The average Bonchev–Trinajstić information content (AvgIpc) is 2.54. The summed E-state index contributed by atoms with van der Waals surface area (Å²) in [5, 5.41) is 18.6. The number of para-hydroxylation sites is 1. The predicted molar refractivity (Wildman–Crippen MR) is 91.1 cm³/mol. The number of aliphatic hydroxyl groups is 1. The van der Waals surface area contributed by atoms with E-state index in [2.05, 4.69) is 0 Å². The molecule has 2 aromatic carbocycles. The highest BCUT2D eigenvalue weighted by Crippen LogP contribution is 2.32. The SMILES string of the molecule is CC(C)(CSc1ccc(Oc2ccccc2)cc1)C(O)C(=O)O. The maximum absolute atomic E-state index is 10.9. The number of aliphatic hydroxyl groups excluding tert-OH is 1. The van der Waals surface area contributed by atoms with E-state index >= 15 is 0 Å². The molecule has 0 aliphatic rings. The van der Waals surface area contributed by atoms with Crippen molar-refractivity contribution in [3.8, 4) is 11.5 Å². The van der Waals surface area contributed by atoms with Crippen LogP contribution in [0, 0.1) is 5.41 Å². The van der Waals surface area contributed by atoms with Gasteiger partial charge in [-0.25, -0.2) is 4.79 Å². The van der Waals surface area contributed by atoms with Gasteiger partial charge in [-0.2, -0.15) is 0 Å². The van der Waals surface area contributed by atoms with Crippen molar-refractivity contribution in [1.29, 1.82) is 0 Å². The van der Waals surface area contributed by atoms with Gasteiger partial charge in [0.15, 0.2) is 6.10 Å². The van der Waals surface area contributed by atoms with Gasteiger partial charge < -0.3 is 14.9 Å². The lowest BCUT2D eigenvalue weighted by atomic mass is 9.89. The van der Waals surface area contributed by atoms with E-state index in [9.17, 15) is 9.90 Å². The third-order valence-corrected chi connectivity index (χ3v) is 4.88. The molecule has 5 heteroatoms. The Hall–Kier alpha value is -1.98. The Labute approximate surface area is 140 Å². The van der Waals surface area contributed by atoms with Crippen LogP contribution in [0.25, 0.3) is 0 Å². The maximum Gasteiger partial charge on any atom is 0.333 e. The summed E-state index contributed by atoms with van der Waals surface area (Å²) in [5.41, 5.74) is -0.713. The summed E-state index contributed by atoms with van der Waals surface area (Å²) in [6, 6.07) is 17.1. The molecule has 0 aromatic heterocycles. The van der Waals surface area contributed by atoms with Crippen LogP contribution in [-0.2, 0) is 4.79 Å². The van der Waals surface area contributed by atoms with Crippen molar-refractivity contribution in [2.45, 2.75) is 24.8 Å². The quantitative estimate of drug-likeness (QED) is 0.749. The lowest BCUT2D eigenvalue weighted by molar-refractivity contribution is -0.152. The molecule has 0 spiro atoms. The van der Waals surface area contributed by atoms with Gasteiger partial charge in [0.25, 0.3) is 0 Å². The van der Waals surface area contributed by atoms with Crippen LogP contribution < -0.4 is 4.74 Å². The highest BCUT2D eigenvalue weighted by molar-refractivity contribution is 7.99. The molecule has 0 amide bonds. The van der Waals surface area contributed by atoms with Crippen molar-refractivity contribution in [2.24, 2.45) is 5.41 Å². The summed E-state index contributed by atoms with van der Waals surface area (Å²) in [6.07, 6.45) is -1.38. The van der Waals surface area contributed by atoms with E-state index in [4.69, 9.17) is 9.84 Å². The summed E-state index contributed by atoms with van der Waals surface area (Å²) < 4.78 is 5.72. The third-order valence-electron chi connectivity index (χ3n) is 3.39. The second-order valence-electron chi connectivity index (χ2n) is 5.90. The topological polar surface area (TPSA) is 66.8 Å². The molecular weight excluding hydrogens is 312 g/mol. The van der Waals surface area contributed by atoms with E-state index in [-0.39, 0.29) is 0 Å². The maximum atomic E-state index is 10.9. The van der Waals surface area contributed by atoms with Crippen molar-refractivity contribution >= 4 is 17.7 Å². The summed E-state index contributed by atoms with van der Waals surface area (Å²) in [5.74, 6) is 0.825. The van der Waals surface area contributed by atoms with E-state index < -0.39 is 17.5 Å². The molecular formula is C18H20O4S. The Kier molecular flexibility index (Phi) is 5.69. The summed E-state index contributed by atoms with van der Waals surface area (Å²) in [6.45, 7) is 3.48. The molecule has 23 heavy (non-hydrogen) atoms. The molecule has 2 N–H and O–H groups in total. The van der Waals surface area contributed by atoms with Gasteiger partial charge in [-0.05, 0) is 36.4 Å². The van der Waals surface area contributed by atoms with Crippen molar-refractivity contribution in [3.63, 3.8) is 0 Å². The molecule has 2 aromatic rings. The lowest BCUT2D eigenvalue weighted by Gasteiger charge is -2.27. The minimum absolute atomic E-state index is 0.499. The van der Waals surface area contributed by atoms with Crippen LogP contribution in [0.2, 0.25) is 0 Å². The number of hydrogen-bond donors (Lipinski definition) is 2. The third kappa shape index (κ3) is 5.01. The number of rotatable bonds is 7. The first-order valence-electron chi connectivity index (χ1n) is 7.25. The monoisotopic (exact) mass is 332 g/mol. The van der Waals surface area contributed by atoms with Crippen LogP contribution >= 0.6 is 11.8 Å². The summed E-state index contributed by atoms with van der Waals surface area (Å²) in [7, 11) is 0. The number of carbonyl (C=O) groups is 1. The normalized spacial score (nSPS) is 12.7. The fraction of sp³-hybridized carbons (Fsp3) is 0.278. The Balaban J connectivity index is 1.94. The Bertz CT molecular complexity index is 638. The van der Waals surface area contributed by atoms with Gasteiger partial charge in [-0.1, -0.05) is 32.0 Å². The number of hydrogen-bond acceptors (Lipinski definition) is 4. The van der Waals surface area contributed by atoms with Crippen LogP contribution in [0.1, 0.15) is 13.8 Å². The van der Waals surface area contributed by atoms with Crippen LogP contribution in [0.15, 0.2) is 59.5 Å². The van der Waals surface area contributed by atoms with E-state index in [1.165, 1.54) is 11.8 Å². The molecule has 2 rings (SSSR count). The zero-order valence-electron chi connectivity index (χ0n) is 13.1. The molecule has 0 heterocycles. The van der Waals surface area contributed by atoms with Gasteiger partial charge in [0, 0.05) is 16.1 Å². The molecule has 0 saturated carbocycles. The predicted octanol–water partition coefficient (Wildman–Crippen LogP) is 4.04. The first-order chi connectivity index (χ1) is 10.9. The highest BCUT2D eigenvalue weighted by atomic mass is 32.2. The summed E-state index contributed by atoms with van der Waals surface area (Å²) in [4.78, 5) is 11.9. The van der Waals surface area contributed by atoms with Gasteiger partial charge in [0.1, 0.15) is 11.5 Å². The number of carboxylic acids is 1. The first-order valence-corrected chi connectivity index (χ1v) is 8.24. The van der Waals surface area contributed by atoms with Crippen LogP contribution in [0.3, 0.4) is 0 Å². The molecule has 122 valence electrons. The molecule has 0 radical (unpaired) electrons. The number of benzene rings is 2. The van der Waals surface area contributed by atoms with Gasteiger partial charge in [-0.15, -0.1) is 11.8 Å². The van der Waals surface area contributed by atoms with Gasteiger partial charge in [-0.3, -0.25) is 0 Å². The molecule has 0 aliphatic heterocycles. The number of thioether (sulfide) groups is 1. The fourth-order valence-corrected chi connectivity index (χ4v) is 2.94. The van der Waals surface area contributed by atoms with E-state index in [1.54, 1.807) is 13.8 Å². The van der Waals surface area contributed by atoms with Crippen LogP contribution in [0.4, 0.5) is 0 Å². The molecule has 0 bridgehead atoms. The molecule has 4 nitrogen and oxygen atoms in total. The first kappa shape index (κ1) is 17.4. The Morgan fingerprint density at radius 2 is 1.65 bits per heavy atom. The molecule has 0 fully saturated rings. The molecule has 1 unspecified atom stereocenters. The number of carboxylic acid groups (broad SMARTS) is 1. The highest BCUT2D eigenvalue weighted by Gasteiger charge is 2.33. The van der Waals surface area contributed by atoms with Crippen molar-refractivity contribution in [2.75, 3.05) is 5.75 Å². The Morgan fingerprint density at radius 1 is 1.09 bits per heavy atom. The number of ether oxygens (including phenoxy) is 1. The lowest BCUT2D eigenvalue weighted by Crippen LogP contribution is -2.38. The van der Waals surface area contributed by atoms with Crippen LogP contribution in [0.5, 0.6) is 11.5 Å². The zero-order valence-corrected chi connectivity index (χ0v) is 13.9. The zero-order chi connectivity index (χ0) is 16.9. The smallest absolute Gasteiger partial charge is 0.333 e. The van der Waals surface area contributed by atoms with Gasteiger partial charge in [0.2, 0.25) is 0 Å². The largest absolute Gasteiger partial charge is 0.479 e.